The SMILES string of the molecule is COc1ccc2sc(N(Cc3cccnc3)C(=O)c3ccc(S(=O)(=O)N4CCCCC4C)cc3)nc2c1. The Morgan fingerprint density at radius 2 is 1.97 bits per heavy atom. The van der Waals surface area contributed by atoms with Crippen LogP contribution < -0.4 is 9.64 Å². The highest BCUT2D eigenvalue weighted by atomic mass is 32.2. The number of hydrogen-bond acceptors (Lipinski definition) is 7. The van der Waals surface area contributed by atoms with Crippen LogP contribution in [-0.4, -0.2) is 48.3 Å². The zero-order chi connectivity index (χ0) is 26.0. The summed E-state index contributed by atoms with van der Waals surface area (Å²) in [5.41, 5.74) is 1.97. The average molecular weight is 537 g/mol. The number of hydrogen-bond donors (Lipinski definition) is 0. The van der Waals surface area contributed by atoms with Crippen molar-refractivity contribution in [3.63, 3.8) is 0 Å². The molecule has 8 nitrogen and oxygen atoms in total. The molecule has 1 unspecified atom stereocenters. The number of methoxy groups -OCH3 is 1. The number of ether oxygens (including phenoxy) is 1. The summed E-state index contributed by atoms with van der Waals surface area (Å²) in [4.78, 5) is 24.4. The molecular weight excluding hydrogens is 508 g/mol. The lowest BCUT2D eigenvalue weighted by Crippen LogP contribution is -2.41. The molecule has 37 heavy (non-hydrogen) atoms. The number of pyridine rings is 1. The number of thiazole rings is 1. The maximum atomic E-state index is 13.8. The molecule has 1 fully saturated rings. The van der Waals surface area contributed by atoms with Gasteiger partial charge in [-0.25, -0.2) is 13.4 Å². The van der Waals surface area contributed by atoms with Crippen LogP contribution in [0.25, 0.3) is 10.2 Å². The number of sulfonamides is 1. The topological polar surface area (TPSA) is 92.7 Å². The number of fused-ring (bicyclic) bond motifs is 1. The normalized spacial score (nSPS) is 16.5. The molecule has 1 atom stereocenters. The van der Waals surface area contributed by atoms with Crippen LogP contribution in [0, 0.1) is 0 Å². The number of anilines is 1. The Kier molecular flexibility index (Phi) is 7.23. The van der Waals surface area contributed by atoms with Crippen LogP contribution in [0.5, 0.6) is 5.75 Å². The molecule has 2 aromatic heterocycles. The molecule has 1 saturated heterocycles. The summed E-state index contributed by atoms with van der Waals surface area (Å²) in [5.74, 6) is 0.416. The second kappa shape index (κ2) is 10.6. The molecule has 0 radical (unpaired) electrons. The van der Waals surface area contributed by atoms with Gasteiger partial charge in [0.1, 0.15) is 5.75 Å². The molecule has 10 heteroatoms. The van der Waals surface area contributed by atoms with Crippen LogP contribution >= 0.6 is 11.3 Å². The largest absolute Gasteiger partial charge is 0.497 e. The number of carbonyl (C=O) groups is 1. The molecule has 0 saturated carbocycles. The van der Waals surface area contributed by atoms with Crippen LogP contribution in [-0.2, 0) is 16.6 Å². The number of aromatic nitrogens is 2. The third-order valence-corrected chi connectivity index (χ3v) is 9.66. The van der Waals surface area contributed by atoms with E-state index in [-0.39, 0.29) is 23.4 Å². The lowest BCUT2D eigenvalue weighted by Gasteiger charge is -2.32. The Balaban J connectivity index is 1.47. The van der Waals surface area contributed by atoms with E-state index in [4.69, 9.17) is 9.72 Å². The van der Waals surface area contributed by atoms with Crippen molar-refractivity contribution in [1.29, 1.82) is 0 Å². The highest BCUT2D eigenvalue weighted by molar-refractivity contribution is 7.89. The molecule has 1 aliphatic heterocycles. The first-order valence-electron chi connectivity index (χ1n) is 12.1. The Labute approximate surface area is 220 Å². The van der Waals surface area contributed by atoms with Crippen LogP contribution in [0.1, 0.15) is 42.1 Å². The van der Waals surface area contributed by atoms with Crippen molar-refractivity contribution in [2.45, 2.75) is 43.7 Å². The van der Waals surface area contributed by atoms with Crippen LogP contribution in [0.3, 0.4) is 0 Å². The fraction of sp³-hybridized carbons (Fsp3) is 0.296. The summed E-state index contributed by atoms with van der Waals surface area (Å²) < 4.78 is 34.3. The molecule has 2 aromatic carbocycles. The Bertz CT molecular complexity index is 1500. The number of carbonyl (C=O) groups excluding carboxylic acids is 1. The van der Waals surface area contributed by atoms with Gasteiger partial charge in [-0.3, -0.25) is 14.7 Å². The van der Waals surface area contributed by atoms with Gasteiger partial charge in [0.05, 0.1) is 28.8 Å². The van der Waals surface area contributed by atoms with Crippen molar-refractivity contribution < 1.29 is 17.9 Å². The lowest BCUT2D eigenvalue weighted by molar-refractivity contribution is 0.0985. The molecule has 5 rings (SSSR count). The zero-order valence-electron chi connectivity index (χ0n) is 20.7. The summed E-state index contributed by atoms with van der Waals surface area (Å²) >= 11 is 1.41. The average Bonchev–Trinajstić information content (AvgIpc) is 3.35. The lowest BCUT2D eigenvalue weighted by atomic mass is 10.1. The molecule has 3 heterocycles. The van der Waals surface area contributed by atoms with Gasteiger partial charge in [-0.1, -0.05) is 23.8 Å². The van der Waals surface area contributed by atoms with Crippen molar-refractivity contribution in [3.05, 3.63) is 78.1 Å². The number of amides is 1. The van der Waals surface area contributed by atoms with Crippen molar-refractivity contribution >= 4 is 42.6 Å². The highest BCUT2D eigenvalue weighted by Gasteiger charge is 2.31. The first-order valence-corrected chi connectivity index (χ1v) is 14.4. The maximum Gasteiger partial charge on any atom is 0.260 e. The number of rotatable bonds is 7. The van der Waals surface area contributed by atoms with Gasteiger partial charge in [0, 0.05) is 36.6 Å². The van der Waals surface area contributed by atoms with Gasteiger partial charge in [-0.15, -0.1) is 0 Å². The third kappa shape index (κ3) is 5.22. The summed E-state index contributed by atoms with van der Waals surface area (Å²) in [7, 11) is -2.02. The Morgan fingerprint density at radius 3 is 2.68 bits per heavy atom. The van der Waals surface area contributed by atoms with Gasteiger partial charge >= 0.3 is 0 Å². The van der Waals surface area contributed by atoms with Crippen molar-refractivity contribution in [2.24, 2.45) is 0 Å². The highest BCUT2D eigenvalue weighted by Crippen LogP contribution is 2.33. The molecule has 0 N–H and O–H groups in total. The van der Waals surface area contributed by atoms with Crippen molar-refractivity contribution in [1.82, 2.24) is 14.3 Å². The second-order valence-corrected chi connectivity index (χ2v) is 12.0. The first-order chi connectivity index (χ1) is 17.9. The van der Waals surface area contributed by atoms with Gasteiger partial charge in [0.2, 0.25) is 10.0 Å². The molecule has 4 aromatic rings. The fourth-order valence-electron chi connectivity index (χ4n) is 4.53. The zero-order valence-corrected chi connectivity index (χ0v) is 22.3. The van der Waals surface area contributed by atoms with E-state index < -0.39 is 10.0 Å². The van der Waals surface area contributed by atoms with Crippen LogP contribution in [0.2, 0.25) is 0 Å². The quantitative estimate of drug-likeness (QED) is 0.326. The minimum absolute atomic E-state index is 0.0345. The molecule has 0 aliphatic carbocycles. The Morgan fingerprint density at radius 1 is 1.16 bits per heavy atom. The summed E-state index contributed by atoms with van der Waals surface area (Å²) in [6.07, 6.45) is 6.14. The van der Waals surface area contributed by atoms with Crippen molar-refractivity contribution in [2.75, 3.05) is 18.6 Å². The van der Waals surface area contributed by atoms with Gasteiger partial charge in [-0.2, -0.15) is 4.31 Å². The summed E-state index contributed by atoms with van der Waals surface area (Å²) in [6.45, 7) is 2.74. The molecule has 0 bridgehead atoms. The smallest absolute Gasteiger partial charge is 0.260 e. The van der Waals surface area contributed by atoms with Crippen LogP contribution in [0.15, 0.2) is 71.9 Å². The first kappa shape index (κ1) is 25.3. The van der Waals surface area contributed by atoms with E-state index in [0.717, 1.165) is 35.0 Å². The maximum absolute atomic E-state index is 13.8. The van der Waals surface area contributed by atoms with Gasteiger partial charge in [0.25, 0.3) is 5.91 Å². The van der Waals surface area contributed by atoms with Crippen molar-refractivity contribution in [3.8, 4) is 5.75 Å². The summed E-state index contributed by atoms with van der Waals surface area (Å²) in [5, 5.41) is 0.538. The summed E-state index contributed by atoms with van der Waals surface area (Å²) in [6, 6.07) is 15.5. The van der Waals surface area contributed by atoms with Crippen LogP contribution in [0.4, 0.5) is 5.13 Å². The standard InChI is InChI=1S/C27H28N4O4S2/c1-19-6-3-4-15-31(19)37(33,34)23-11-8-21(9-12-23)26(32)30(18-20-7-5-14-28-17-20)27-29-24-16-22(35-2)10-13-25(24)36-27/h5,7-14,16-17,19H,3-4,6,15,18H2,1-2H3. The van der Waals surface area contributed by atoms with E-state index in [2.05, 4.69) is 4.98 Å². The van der Waals surface area contributed by atoms with Gasteiger partial charge < -0.3 is 4.74 Å². The van der Waals surface area contributed by atoms with E-state index in [1.165, 1.54) is 23.5 Å². The van der Waals surface area contributed by atoms with Gasteiger partial charge in [0.15, 0.2) is 5.13 Å². The molecule has 0 spiro atoms. The minimum atomic E-state index is -3.62. The molecule has 192 valence electrons. The third-order valence-electron chi connectivity index (χ3n) is 6.57. The molecular formula is C27H28N4O4S2. The predicted octanol–water partition coefficient (Wildman–Crippen LogP) is 5.11. The monoisotopic (exact) mass is 536 g/mol. The van der Waals surface area contributed by atoms with E-state index in [1.54, 1.807) is 40.8 Å². The Hall–Kier alpha value is -3.34. The molecule has 1 aliphatic rings. The molecule has 1 amide bonds. The van der Waals surface area contributed by atoms with Gasteiger partial charge in [-0.05, 0) is 67.8 Å². The van der Waals surface area contributed by atoms with E-state index in [9.17, 15) is 13.2 Å². The van der Waals surface area contributed by atoms with E-state index in [0.29, 0.717) is 23.0 Å². The minimum Gasteiger partial charge on any atom is -0.497 e. The van der Waals surface area contributed by atoms with E-state index >= 15 is 0 Å². The number of benzene rings is 2. The second-order valence-electron chi connectivity index (χ2n) is 9.07. The number of nitrogens with zero attached hydrogens (tertiary/aromatic N) is 4. The fourth-order valence-corrected chi connectivity index (χ4v) is 7.17. The predicted molar refractivity (Wildman–Crippen MR) is 145 cm³/mol. The number of piperidine rings is 1. The van der Waals surface area contributed by atoms with E-state index in [1.807, 2.05) is 37.3 Å².